The quantitative estimate of drug-likeness (QED) is 0.620. The van der Waals surface area contributed by atoms with Gasteiger partial charge in [-0.25, -0.2) is 9.59 Å². The zero-order chi connectivity index (χ0) is 17.9. The van der Waals surface area contributed by atoms with Crippen molar-refractivity contribution in [3.05, 3.63) is 59.7 Å². The molecule has 5 nitrogen and oxygen atoms in total. The van der Waals surface area contributed by atoms with Crippen molar-refractivity contribution in [1.29, 1.82) is 0 Å². The SMILES string of the molecule is O=C=NC1CCCCN1C(=O)OCC1c2ccccc2-c2ccccc21. The predicted molar refractivity (Wildman–Crippen MR) is 97.5 cm³/mol. The first-order valence-corrected chi connectivity index (χ1v) is 8.98. The van der Waals surface area contributed by atoms with Crippen LogP contribution in [0.3, 0.4) is 0 Å². The summed E-state index contributed by atoms with van der Waals surface area (Å²) in [6.07, 6.45) is 3.24. The zero-order valence-electron chi connectivity index (χ0n) is 14.4. The van der Waals surface area contributed by atoms with Gasteiger partial charge in [0.2, 0.25) is 6.08 Å². The molecule has 1 saturated heterocycles. The Balaban J connectivity index is 1.53. The molecule has 0 bridgehead atoms. The van der Waals surface area contributed by atoms with Crippen molar-refractivity contribution >= 4 is 12.2 Å². The van der Waals surface area contributed by atoms with Crippen LogP contribution in [0.15, 0.2) is 53.5 Å². The Kier molecular flexibility index (Phi) is 4.55. The van der Waals surface area contributed by atoms with Gasteiger partial charge in [-0.15, -0.1) is 0 Å². The van der Waals surface area contributed by atoms with E-state index in [2.05, 4.69) is 29.3 Å². The number of rotatable bonds is 3. The van der Waals surface area contributed by atoms with E-state index < -0.39 is 12.3 Å². The fourth-order valence-electron chi connectivity index (χ4n) is 4.00. The van der Waals surface area contributed by atoms with E-state index in [4.69, 9.17) is 4.74 Å². The molecule has 1 aliphatic heterocycles. The third-order valence-electron chi connectivity index (χ3n) is 5.24. The summed E-state index contributed by atoms with van der Waals surface area (Å²) in [6.45, 7) is 0.841. The number of hydrogen-bond acceptors (Lipinski definition) is 4. The highest BCUT2D eigenvalue weighted by atomic mass is 16.6. The lowest BCUT2D eigenvalue weighted by Gasteiger charge is -2.31. The van der Waals surface area contributed by atoms with Crippen LogP contribution in [0.5, 0.6) is 0 Å². The van der Waals surface area contributed by atoms with E-state index in [1.54, 1.807) is 11.0 Å². The van der Waals surface area contributed by atoms with Gasteiger partial charge in [0.1, 0.15) is 12.8 Å². The fourth-order valence-corrected chi connectivity index (χ4v) is 4.00. The number of aliphatic imine (C=N–C) groups is 1. The van der Waals surface area contributed by atoms with Gasteiger partial charge in [-0.2, -0.15) is 4.99 Å². The molecule has 2 aliphatic rings. The molecule has 0 N–H and O–H groups in total. The van der Waals surface area contributed by atoms with E-state index in [1.165, 1.54) is 22.3 Å². The Morgan fingerprint density at radius 2 is 1.73 bits per heavy atom. The van der Waals surface area contributed by atoms with E-state index in [1.807, 2.05) is 24.3 Å². The van der Waals surface area contributed by atoms with Crippen LogP contribution in [-0.4, -0.2) is 36.4 Å². The van der Waals surface area contributed by atoms with E-state index in [-0.39, 0.29) is 12.5 Å². The highest BCUT2D eigenvalue weighted by Gasteiger charge is 2.32. The molecule has 4 rings (SSSR count). The summed E-state index contributed by atoms with van der Waals surface area (Å²) in [5.41, 5.74) is 4.77. The van der Waals surface area contributed by atoms with Crippen molar-refractivity contribution in [3.8, 4) is 11.1 Å². The van der Waals surface area contributed by atoms with Crippen LogP contribution < -0.4 is 0 Å². The van der Waals surface area contributed by atoms with Crippen molar-refractivity contribution in [3.63, 3.8) is 0 Å². The Hall–Kier alpha value is -2.91. The van der Waals surface area contributed by atoms with Gasteiger partial charge >= 0.3 is 6.09 Å². The number of isocyanates is 1. The Morgan fingerprint density at radius 3 is 2.38 bits per heavy atom. The number of likely N-dealkylation sites (tertiary alicyclic amines) is 1. The number of carbonyl (C=O) groups excluding carboxylic acids is 2. The second kappa shape index (κ2) is 7.14. The maximum atomic E-state index is 12.6. The first-order chi connectivity index (χ1) is 12.8. The van der Waals surface area contributed by atoms with Gasteiger partial charge in [0.15, 0.2) is 0 Å². The molecule has 1 fully saturated rings. The molecular weight excluding hydrogens is 328 g/mol. The highest BCUT2D eigenvalue weighted by Crippen LogP contribution is 2.44. The van der Waals surface area contributed by atoms with Gasteiger partial charge in [-0.3, -0.25) is 4.90 Å². The second-order valence-electron chi connectivity index (χ2n) is 6.69. The van der Waals surface area contributed by atoms with Crippen LogP contribution in [0.1, 0.15) is 36.3 Å². The first kappa shape index (κ1) is 16.6. The van der Waals surface area contributed by atoms with Crippen LogP contribution >= 0.6 is 0 Å². The summed E-state index contributed by atoms with van der Waals surface area (Å²) in [7, 11) is 0. The number of nitrogens with zero attached hydrogens (tertiary/aromatic N) is 2. The maximum absolute atomic E-state index is 12.6. The van der Waals surface area contributed by atoms with Crippen molar-refractivity contribution in [2.75, 3.05) is 13.2 Å². The highest BCUT2D eigenvalue weighted by molar-refractivity contribution is 5.79. The van der Waals surface area contributed by atoms with Crippen LogP contribution in [0.4, 0.5) is 4.79 Å². The second-order valence-corrected chi connectivity index (χ2v) is 6.69. The molecule has 132 valence electrons. The summed E-state index contributed by atoms with van der Waals surface area (Å²) in [4.78, 5) is 28.5. The third kappa shape index (κ3) is 2.91. The molecule has 26 heavy (non-hydrogen) atoms. The van der Waals surface area contributed by atoms with Crippen LogP contribution in [0, 0.1) is 0 Å². The minimum absolute atomic E-state index is 0.0316. The van der Waals surface area contributed by atoms with Crippen molar-refractivity contribution in [2.24, 2.45) is 4.99 Å². The minimum atomic E-state index is -0.447. The standard InChI is InChI=1S/C21H20N2O3/c24-14-22-20-11-5-6-12-23(20)21(25)26-13-19-17-9-3-1-7-15(17)16-8-2-4-10-18(16)19/h1-4,7-10,19-20H,5-6,11-13H2. The van der Waals surface area contributed by atoms with Crippen LogP contribution in [0.2, 0.25) is 0 Å². The summed E-state index contributed by atoms with van der Waals surface area (Å²) in [5.74, 6) is 0.0316. The number of fused-ring (bicyclic) bond motifs is 3. The number of hydrogen-bond donors (Lipinski definition) is 0. The van der Waals surface area contributed by atoms with Crippen LogP contribution in [-0.2, 0) is 9.53 Å². The molecule has 1 atom stereocenters. The Labute approximate surface area is 152 Å². The number of benzene rings is 2. The van der Waals surface area contributed by atoms with Gasteiger partial charge in [0.05, 0.1) is 0 Å². The number of carbonyl (C=O) groups is 1. The van der Waals surface area contributed by atoms with Gasteiger partial charge in [0.25, 0.3) is 0 Å². The molecule has 0 saturated carbocycles. The topological polar surface area (TPSA) is 59.0 Å². The molecule has 1 heterocycles. The van der Waals surface area contributed by atoms with Gasteiger partial charge in [-0.05, 0) is 41.5 Å². The smallest absolute Gasteiger partial charge is 0.411 e. The Morgan fingerprint density at radius 1 is 1.08 bits per heavy atom. The molecule has 1 unspecified atom stereocenters. The van der Waals surface area contributed by atoms with Crippen LogP contribution in [0.25, 0.3) is 11.1 Å². The molecule has 2 aromatic rings. The summed E-state index contributed by atoms with van der Waals surface area (Å²) in [5, 5.41) is 0. The molecule has 0 radical (unpaired) electrons. The van der Waals surface area contributed by atoms with Gasteiger partial charge in [0, 0.05) is 12.5 Å². The molecule has 0 spiro atoms. The predicted octanol–water partition coefficient (Wildman–Crippen LogP) is 4.08. The van der Waals surface area contributed by atoms with E-state index in [9.17, 15) is 9.59 Å². The van der Waals surface area contributed by atoms with Gasteiger partial charge in [-0.1, -0.05) is 48.5 Å². The average molecular weight is 348 g/mol. The molecule has 2 aromatic carbocycles. The largest absolute Gasteiger partial charge is 0.448 e. The van der Waals surface area contributed by atoms with E-state index in [0.29, 0.717) is 13.0 Å². The van der Waals surface area contributed by atoms with Crippen molar-refractivity contribution in [2.45, 2.75) is 31.3 Å². The number of piperidine rings is 1. The zero-order valence-corrected chi connectivity index (χ0v) is 14.4. The number of amides is 1. The molecular formula is C21H20N2O3. The maximum Gasteiger partial charge on any atom is 0.411 e. The van der Waals surface area contributed by atoms with E-state index >= 15 is 0 Å². The van der Waals surface area contributed by atoms with Crippen molar-refractivity contribution < 1.29 is 14.3 Å². The molecule has 5 heteroatoms. The minimum Gasteiger partial charge on any atom is -0.448 e. The monoisotopic (exact) mass is 348 g/mol. The first-order valence-electron chi connectivity index (χ1n) is 8.98. The van der Waals surface area contributed by atoms with E-state index in [0.717, 1.165) is 12.8 Å². The average Bonchev–Trinajstić information content (AvgIpc) is 3.01. The normalized spacial score (nSPS) is 18.6. The van der Waals surface area contributed by atoms with Crippen molar-refractivity contribution in [1.82, 2.24) is 4.90 Å². The summed E-state index contributed by atoms with van der Waals surface area (Å²) < 4.78 is 5.65. The molecule has 1 amide bonds. The lowest BCUT2D eigenvalue weighted by Crippen LogP contribution is -2.43. The fraction of sp³-hybridized carbons (Fsp3) is 0.333. The summed E-state index contributed by atoms with van der Waals surface area (Å²) in [6, 6.07) is 16.5. The summed E-state index contributed by atoms with van der Waals surface area (Å²) >= 11 is 0. The Bertz CT molecular complexity index is 828. The third-order valence-corrected chi connectivity index (χ3v) is 5.24. The van der Waals surface area contributed by atoms with Gasteiger partial charge < -0.3 is 4.74 Å². The lowest BCUT2D eigenvalue weighted by molar-refractivity contribution is 0.0733. The molecule has 0 aromatic heterocycles. The molecule has 1 aliphatic carbocycles. The lowest BCUT2D eigenvalue weighted by atomic mass is 9.98. The number of ether oxygens (including phenoxy) is 1.